The van der Waals surface area contributed by atoms with Gasteiger partial charge in [-0.2, -0.15) is 0 Å². The molecule has 7 heteroatoms. The van der Waals surface area contributed by atoms with E-state index in [1.54, 1.807) is 6.07 Å². The number of aryl methyl sites for hydroxylation is 1. The molecule has 0 bridgehead atoms. The highest BCUT2D eigenvalue weighted by Gasteiger charge is 2.57. The molecule has 4 N–H and O–H groups in total. The minimum Gasteiger partial charge on any atom is -0.508 e. The van der Waals surface area contributed by atoms with E-state index in [4.69, 9.17) is 0 Å². The molecular weight excluding hydrogens is 412 g/mol. The topological polar surface area (TPSA) is 132 Å². The highest BCUT2D eigenvalue weighted by molar-refractivity contribution is 6.20. The van der Waals surface area contributed by atoms with E-state index in [1.807, 2.05) is 0 Å². The molecule has 4 rings (SSSR count). The van der Waals surface area contributed by atoms with E-state index >= 15 is 0 Å². The van der Waals surface area contributed by atoms with Gasteiger partial charge in [-0.25, -0.2) is 0 Å². The lowest BCUT2D eigenvalue weighted by Crippen LogP contribution is -2.52. The number of phenolic OH excluding ortho intramolecular Hbond substituents is 1. The number of phenols is 1. The number of benzene rings is 1. The third-order valence-electron chi connectivity index (χ3n) is 7.06. The average molecular weight is 438 g/mol. The van der Waals surface area contributed by atoms with Gasteiger partial charge in [-0.05, 0) is 61.8 Å². The van der Waals surface area contributed by atoms with Crippen LogP contribution >= 0.6 is 0 Å². The Morgan fingerprint density at radius 2 is 1.81 bits per heavy atom. The van der Waals surface area contributed by atoms with Crippen molar-refractivity contribution in [2.75, 3.05) is 0 Å². The number of aliphatic hydroxyl groups excluding tert-OH is 2. The second kappa shape index (κ2) is 7.45. The van der Waals surface area contributed by atoms with Crippen LogP contribution in [0.15, 0.2) is 41.4 Å². The molecule has 32 heavy (non-hydrogen) atoms. The number of aromatic hydroxyl groups is 1. The van der Waals surface area contributed by atoms with Gasteiger partial charge < -0.3 is 25.2 Å². The molecule has 168 valence electrons. The summed E-state index contributed by atoms with van der Waals surface area (Å²) in [6.45, 7) is 6.70. The van der Waals surface area contributed by atoms with E-state index in [9.17, 15) is 34.8 Å². The molecule has 1 aromatic carbocycles. The smallest absolute Gasteiger partial charge is 0.182 e. The standard InChI is InChI=1S/C25H26O7/c1-11(26)4-5-14-6-7-18(28)21-12(2)20-15(9-17(14)21)8-16-10-19(29)22(13(3)27)24(31)25(16,32)23(20)30/h6-7,15-16,28,30-32H,2,4-5,8-10H2,1,3H3/t15-,16+,25-/m0/s1. The Labute approximate surface area is 185 Å². The fourth-order valence-corrected chi connectivity index (χ4v) is 5.52. The summed E-state index contributed by atoms with van der Waals surface area (Å²) in [5.74, 6) is -3.70. The molecule has 0 heterocycles. The van der Waals surface area contributed by atoms with Gasteiger partial charge in [0, 0.05) is 29.9 Å². The number of ketones is 3. The van der Waals surface area contributed by atoms with Crippen molar-refractivity contribution in [1.29, 1.82) is 0 Å². The number of allylic oxidation sites excluding steroid dienone is 3. The molecular formula is C25H26O7. The van der Waals surface area contributed by atoms with Gasteiger partial charge in [0.1, 0.15) is 28.6 Å². The Hall–Kier alpha value is -3.19. The molecule has 1 aromatic rings. The van der Waals surface area contributed by atoms with E-state index in [2.05, 4.69) is 6.58 Å². The number of aliphatic hydroxyl groups is 3. The first-order chi connectivity index (χ1) is 15.0. The van der Waals surface area contributed by atoms with Crippen LogP contribution < -0.4 is 0 Å². The van der Waals surface area contributed by atoms with E-state index in [-0.39, 0.29) is 30.3 Å². The van der Waals surface area contributed by atoms with E-state index in [0.717, 1.165) is 18.1 Å². The minimum atomic E-state index is -2.26. The van der Waals surface area contributed by atoms with Crippen molar-refractivity contribution < 1.29 is 34.8 Å². The van der Waals surface area contributed by atoms with Crippen molar-refractivity contribution in [2.24, 2.45) is 11.8 Å². The second-order valence-corrected chi connectivity index (χ2v) is 9.05. The molecule has 0 fully saturated rings. The lowest BCUT2D eigenvalue weighted by molar-refractivity contribution is -0.127. The molecule has 0 saturated heterocycles. The summed E-state index contributed by atoms with van der Waals surface area (Å²) in [6, 6.07) is 3.29. The first-order valence-corrected chi connectivity index (χ1v) is 10.6. The Kier molecular flexibility index (Phi) is 5.12. The molecule has 3 aliphatic carbocycles. The van der Waals surface area contributed by atoms with Crippen molar-refractivity contribution in [3.05, 3.63) is 58.1 Å². The Morgan fingerprint density at radius 1 is 1.12 bits per heavy atom. The van der Waals surface area contributed by atoms with Crippen LogP contribution in [0.4, 0.5) is 0 Å². The number of carbonyl (C=O) groups excluding carboxylic acids is 3. The summed E-state index contributed by atoms with van der Waals surface area (Å²) in [4.78, 5) is 35.9. The maximum atomic E-state index is 12.5. The molecule has 0 spiro atoms. The lowest BCUT2D eigenvalue weighted by atomic mass is 9.60. The molecule has 0 unspecified atom stereocenters. The molecule has 3 atom stereocenters. The van der Waals surface area contributed by atoms with Gasteiger partial charge >= 0.3 is 0 Å². The van der Waals surface area contributed by atoms with Crippen LogP contribution in [0, 0.1) is 11.8 Å². The number of hydrogen-bond acceptors (Lipinski definition) is 7. The Balaban J connectivity index is 1.88. The molecule has 0 radical (unpaired) electrons. The predicted octanol–water partition coefficient (Wildman–Crippen LogP) is 3.04. The molecule has 0 saturated carbocycles. The van der Waals surface area contributed by atoms with Gasteiger partial charge in [0.25, 0.3) is 0 Å². The summed E-state index contributed by atoms with van der Waals surface area (Å²) in [5, 5.41) is 43.8. The Morgan fingerprint density at radius 3 is 2.44 bits per heavy atom. The monoisotopic (exact) mass is 438 g/mol. The van der Waals surface area contributed by atoms with Crippen LogP contribution in [-0.2, 0) is 27.2 Å². The van der Waals surface area contributed by atoms with Crippen LogP contribution in [-0.4, -0.2) is 43.4 Å². The number of fused-ring (bicyclic) bond motifs is 3. The third kappa shape index (κ3) is 3.03. The molecule has 0 aromatic heterocycles. The van der Waals surface area contributed by atoms with E-state index in [0.29, 0.717) is 36.0 Å². The fraction of sp³-hybridized carbons (Fsp3) is 0.400. The molecule has 0 amide bonds. The normalized spacial score (nSPS) is 27.1. The van der Waals surface area contributed by atoms with Gasteiger partial charge in [0.2, 0.25) is 0 Å². The lowest BCUT2D eigenvalue weighted by Gasteiger charge is -2.47. The SMILES string of the molecule is C=C1C2=C(O)[C@]3(O)C(O)=C(C(C)=O)C(=O)C[C@H]3C[C@H]2Cc2c(CCC(C)=O)ccc(O)c21. The number of carbonyl (C=O) groups is 3. The van der Waals surface area contributed by atoms with Crippen molar-refractivity contribution in [2.45, 2.75) is 51.6 Å². The van der Waals surface area contributed by atoms with Crippen molar-refractivity contribution in [1.82, 2.24) is 0 Å². The van der Waals surface area contributed by atoms with Gasteiger partial charge in [-0.1, -0.05) is 12.6 Å². The zero-order chi connectivity index (χ0) is 23.5. The summed E-state index contributed by atoms with van der Waals surface area (Å²) < 4.78 is 0. The maximum Gasteiger partial charge on any atom is 0.182 e. The van der Waals surface area contributed by atoms with Gasteiger partial charge in [0.05, 0.1) is 0 Å². The first-order valence-electron chi connectivity index (χ1n) is 10.6. The number of rotatable bonds is 4. The largest absolute Gasteiger partial charge is 0.508 e. The first kappa shape index (κ1) is 22.0. The van der Waals surface area contributed by atoms with Crippen LogP contribution in [0.1, 0.15) is 49.8 Å². The van der Waals surface area contributed by atoms with Gasteiger partial charge in [-0.3, -0.25) is 9.59 Å². The molecule has 7 nitrogen and oxygen atoms in total. The number of hydrogen-bond donors (Lipinski definition) is 4. The Bertz CT molecular complexity index is 1150. The van der Waals surface area contributed by atoms with Gasteiger partial charge in [0.15, 0.2) is 17.2 Å². The zero-order valence-corrected chi connectivity index (χ0v) is 18.1. The molecule has 0 aliphatic heterocycles. The fourth-order valence-electron chi connectivity index (χ4n) is 5.52. The highest BCUT2D eigenvalue weighted by atomic mass is 16.4. The highest BCUT2D eigenvalue weighted by Crippen LogP contribution is 2.55. The second-order valence-electron chi connectivity index (χ2n) is 9.05. The van der Waals surface area contributed by atoms with Crippen molar-refractivity contribution in [3.63, 3.8) is 0 Å². The maximum absolute atomic E-state index is 12.5. The molecule has 3 aliphatic rings. The van der Waals surface area contributed by atoms with Crippen LogP contribution in [0.3, 0.4) is 0 Å². The van der Waals surface area contributed by atoms with Gasteiger partial charge in [-0.15, -0.1) is 0 Å². The summed E-state index contributed by atoms with van der Waals surface area (Å²) in [7, 11) is 0. The summed E-state index contributed by atoms with van der Waals surface area (Å²) >= 11 is 0. The van der Waals surface area contributed by atoms with Crippen molar-refractivity contribution >= 4 is 22.9 Å². The number of Topliss-reactive ketones (excluding diaryl/α,β-unsaturated/α-hetero) is 3. The minimum absolute atomic E-state index is 0.0348. The zero-order valence-electron chi connectivity index (χ0n) is 18.1. The quantitative estimate of drug-likeness (QED) is 0.531. The van der Waals surface area contributed by atoms with Crippen LogP contribution in [0.25, 0.3) is 5.57 Å². The van der Waals surface area contributed by atoms with Crippen molar-refractivity contribution in [3.8, 4) is 5.75 Å². The predicted molar refractivity (Wildman–Crippen MR) is 116 cm³/mol. The van der Waals surface area contributed by atoms with Crippen LogP contribution in [0.2, 0.25) is 0 Å². The third-order valence-corrected chi connectivity index (χ3v) is 7.06. The van der Waals surface area contributed by atoms with Crippen LogP contribution in [0.5, 0.6) is 5.75 Å². The summed E-state index contributed by atoms with van der Waals surface area (Å²) in [6.07, 6.45) is 1.36. The van der Waals surface area contributed by atoms with E-state index in [1.165, 1.54) is 13.0 Å². The summed E-state index contributed by atoms with van der Waals surface area (Å²) in [5.41, 5.74) is 0.0298. The van der Waals surface area contributed by atoms with E-state index < -0.39 is 40.2 Å². The average Bonchev–Trinajstić information content (AvgIpc) is 2.69.